The standard InChI is InChI=1S/C9H7FN4OS/c10-6-2-1-5(3-7(6)11)13-9(15)8-4-12-14-16-8/h1-4H,11H2,(H,13,15). The predicted molar refractivity (Wildman–Crippen MR) is 58.7 cm³/mol. The fraction of sp³-hybridized carbons (Fsp3) is 0. The van der Waals surface area contributed by atoms with E-state index < -0.39 is 5.82 Å². The lowest BCUT2D eigenvalue weighted by molar-refractivity contribution is 0.103. The molecule has 2 aromatic rings. The zero-order valence-electron chi connectivity index (χ0n) is 7.98. The van der Waals surface area contributed by atoms with Crippen molar-refractivity contribution >= 4 is 28.8 Å². The highest BCUT2D eigenvalue weighted by Gasteiger charge is 2.09. The van der Waals surface area contributed by atoms with Crippen LogP contribution >= 0.6 is 11.5 Å². The van der Waals surface area contributed by atoms with Crippen LogP contribution < -0.4 is 11.1 Å². The summed E-state index contributed by atoms with van der Waals surface area (Å²) in [6, 6.07) is 3.97. The number of rotatable bonds is 2. The molecule has 0 aliphatic rings. The van der Waals surface area contributed by atoms with Gasteiger partial charge in [-0.1, -0.05) is 4.49 Å². The molecule has 0 fully saturated rings. The van der Waals surface area contributed by atoms with Gasteiger partial charge in [0.05, 0.1) is 11.9 Å². The zero-order valence-corrected chi connectivity index (χ0v) is 8.79. The first kappa shape index (κ1) is 10.5. The quantitative estimate of drug-likeness (QED) is 0.777. The van der Waals surface area contributed by atoms with Gasteiger partial charge >= 0.3 is 0 Å². The van der Waals surface area contributed by atoms with E-state index in [4.69, 9.17) is 5.73 Å². The van der Waals surface area contributed by atoms with Gasteiger partial charge in [0, 0.05) is 5.69 Å². The molecule has 0 aliphatic carbocycles. The Morgan fingerprint density at radius 3 is 2.94 bits per heavy atom. The zero-order chi connectivity index (χ0) is 11.5. The molecule has 0 radical (unpaired) electrons. The number of carbonyl (C=O) groups excluding carboxylic acids is 1. The Morgan fingerprint density at radius 2 is 2.31 bits per heavy atom. The Bertz CT molecular complexity index is 514. The van der Waals surface area contributed by atoms with E-state index in [1.165, 1.54) is 24.4 Å². The van der Waals surface area contributed by atoms with Crippen molar-refractivity contribution < 1.29 is 9.18 Å². The molecule has 2 rings (SSSR count). The predicted octanol–water partition coefficient (Wildman–Crippen LogP) is 1.51. The van der Waals surface area contributed by atoms with Crippen LogP contribution in [-0.2, 0) is 0 Å². The highest BCUT2D eigenvalue weighted by molar-refractivity contribution is 7.07. The van der Waals surface area contributed by atoms with E-state index in [0.717, 1.165) is 11.5 Å². The number of nitrogen functional groups attached to an aromatic ring is 1. The molecule has 1 heterocycles. The summed E-state index contributed by atoms with van der Waals surface area (Å²) >= 11 is 0.979. The fourth-order valence-electron chi connectivity index (χ4n) is 1.08. The van der Waals surface area contributed by atoms with E-state index in [1.54, 1.807) is 0 Å². The molecular weight excluding hydrogens is 231 g/mol. The molecule has 1 aromatic heterocycles. The van der Waals surface area contributed by atoms with Crippen LogP contribution in [0.4, 0.5) is 15.8 Å². The van der Waals surface area contributed by atoms with Gasteiger partial charge in [0.25, 0.3) is 5.91 Å². The van der Waals surface area contributed by atoms with Crippen LogP contribution in [0, 0.1) is 5.82 Å². The topological polar surface area (TPSA) is 80.9 Å². The molecule has 0 saturated carbocycles. The highest BCUT2D eigenvalue weighted by Crippen LogP contribution is 2.17. The molecule has 0 bridgehead atoms. The summed E-state index contributed by atoms with van der Waals surface area (Å²) in [6.45, 7) is 0. The molecule has 82 valence electrons. The number of anilines is 2. The number of nitrogens with two attached hydrogens (primary N) is 1. The van der Waals surface area contributed by atoms with E-state index in [2.05, 4.69) is 14.9 Å². The summed E-state index contributed by atoms with van der Waals surface area (Å²) in [4.78, 5) is 11.9. The number of halogens is 1. The van der Waals surface area contributed by atoms with E-state index in [-0.39, 0.29) is 11.6 Å². The lowest BCUT2D eigenvalue weighted by atomic mass is 10.2. The Balaban J connectivity index is 2.15. The first-order chi connectivity index (χ1) is 7.66. The van der Waals surface area contributed by atoms with Crippen LogP contribution in [0.1, 0.15) is 9.67 Å². The van der Waals surface area contributed by atoms with Crippen molar-refractivity contribution in [2.24, 2.45) is 0 Å². The average molecular weight is 238 g/mol. The maximum Gasteiger partial charge on any atom is 0.269 e. The minimum absolute atomic E-state index is 0.0137. The number of amides is 1. The second-order valence-electron chi connectivity index (χ2n) is 2.97. The van der Waals surface area contributed by atoms with Crippen LogP contribution in [-0.4, -0.2) is 15.5 Å². The van der Waals surface area contributed by atoms with Gasteiger partial charge in [0.1, 0.15) is 10.7 Å². The first-order valence-electron chi connectivity index (χ1n) is 4.30. The summed E-state index contributed by atoms with van der Waals surface area (Å²) in [6.07, 6.45) is 1.35. The summed E-state index contributed by atoms with van der Waals surface area (Å²) < 4.78 is 16.4. The molecule has 0 atom stereocenters. The Kier molecular flexibility index (Phi) is 2.78. The molecule has 3 N–H and O–H groups in total. The number of nitrogens with zero attached hydrogens (tertiary/aromatic N) is 2. The number of carbonyl (C=O) groups is 1. The lowest BCUT2D eigenvalue weighted by Crippen LogP contribution is -2.10. The summed E-state index contributed by atoms with van der Waals surface area (Å²) in [7, 11) is 0. The minimum atomic E-state index is -0.516. The number of aromatic nitrogens is 2. The third-order valence-corrected chi connectivity index (χ3v) is 2.50. The van der Waals surface area contributed by atoms with Crippen molar-refractivity contribution in [3.8, 4) is 0 Å². The first-order valence-corrected chi connectivity index (χ1v) is 5.08. The third-order valence-electron chi connectivity index (χ3n) is 1.84. The number of hydrogen-bond donors (Lipinski definition) is 2. The summed E-state index contributed by atoms with van der Waals surface area (Å²) in [5.74, 6) is -0.863. The highest BCUT2D eigenvalue weighted by atomic mass is 32.1. The van der Waals surface area contributed by atoms with Crippen molar-refractivity contribution in [3.05, 3.63) is 35.1 Å². The number of hydrogen-bond acceptors (Lipinski definition) is 5. The van der Waals surface area contributed by atoms with Gasteiger partial charge in [0.15, 0.2) is 0 Å². The van der Waals surface area contributed by atoms with Crippen molar-refractivity contribution in [2.45, 2.75) is 0 Å². The maximum absolute atomic E-state index is 12.9. The van der Waals surface area contributed by atoms with Crippen LogP contribution in [0.2, 0.25) is 0 Å². The van der Waals surface area contributed by atoms with E-state index in [9.17, 15) is 9.18 Å². The van der Waals surface area contributed by atoms with Gasteiger partial charge in [-0.05, 0) is 29.7 Å². The van der Waals surface area contributed by atoms with Crippen molar-refractivity contribution in [2.75, 3.05) is 11.1 Å². The molecule has 7 heteroatoms. The van der Waals surface area contributed by atoms with Crippen molar-refractivity contribution in [1.29, 1.82) is 0 Å². The number of benzene rings is 1. The van der Waals surface area contributed by atoms with E-state index in [1.807, 2.05) is 0 Å². The van der Waals surface area contributed by atoms with Crippen molar-refractivity contribution in [1.82, 2.24) is 9.59 Å². The van der Waals surface area contributed by atoms with Gasteiger partial charge in [0.2, 0.25) is 0 Å². The van der Waals surface area contributed by atoms with Crippen LogP contribution in [0.15, 0.2) is 24.4 Å². The molecule has 16 heavy (non-hydrogen) atoms. The second-order valence-corrected chi connectivity index (χ2v) is 3.76. The monoisotopic (exact) mass is 238 g/mol. The van der Waals surface area contributed by atoms with E-state index >= 15 is 0 Å². The van der Waals surface area contributed by atoms with Gasteiger partial charge in [-0.2, -0.15) is 0 Å². The molecule has 0 aliphatic heterocycles. The van der Waals surface area contributed by atoms with Gasteiger partial charge in [-0.25, -0.2) is 4.39 Å². The molecule has 1 amide bonds. The Hall–Kier alpha value is -2.02. The minimum Gasteiger partial charge on any atom is -0.396 e. The molecular formula is C9H7FN4OS. The molecule has 0 spiro atoms. The maximum atomic E-state index is 12.9. The van der Waals surface area contributed by atoms with Gasteiger partial charge in [-0.3, -0.25) is 4.79 Å². The summed E-state index contributed by atoms with van der Waals surface area (Å²) in [5.41, 5.74) is 5.78. The molecule has 0 saturated heterocycles. The smallest absolute Gasteiger partial charge is 0.269 e. The normalized spacial score (nSPS) is 10.1. The second kappa shape index (κ2) is 4.23. The molecule has 5 nitrogen and oxygen atoms in total. The summed E-state index contributed by atoms with van der Waals surface area (Å²) in [5, 5.41) is 6.10. The van der Waals surface area contributed by atoms with E-state index in [0.29, 0.717) is 10.6 Å². The lowest BCUT2D eigenvalue weighted by Gasteiger charge is -2.04. The Labute approximate surface area is 94.3 Å². The van der Waals surface area contributed by atoms with Gasteiger partial charge < -0.3 is 11.1 Å². The van der Waals surface area contributed by atoms with Gasteiger partial charge in [-0.15, -0.1) is 5.10 Å². The van der Waals surface area contributed by atoms with Crippen LogP contribution in [0.3, 0.4) is 0 Å². The van der Waals surface area contributed by atoms with Crippen molar-refractivity contribution in [3.63, 3.8) is 0 Å². The third kappa shape index (κ3) is 2.14. The van der Waals surface area contributed by atoms with Crippen LogP contribution in [0.5, 0.6) is 0 Å². The molecule has 0 unspecified atom stereocenters. The largest absolute Gasteiger partial charge is 0.396 e. The SMILES string of the molecule is Nc1cc(NC(=O)c2cnns2)ccc1F. The fourth-order valence-corrected chi connectivity index (χ4v) is 1.49. The Morgan fingerprint density at radius 1 is 1.50 bits per heavy atom. The number of nitrogens with one attached hydrogen (secondary N) is 1. The molecule has 1 aromatic carbocycles. The average Bonchev–Trinajstić information content (AvgIpc) is 2.77. The van der Waals surface area contributed by atoms with Crippen LogP contribution in [0.25, 0.3) is 0 Å².